The molecule has 4 aliphatic rings. The monoisotopic (exact) mass is 337 g/mol. The van der Waals surface area contributed by atoms with Crippen molar-refractivity contribution in [2.45, 2.75) is 68.5 Å². The molecule has 4 heteroatoms. The Morgan fingerprint density at radius 1 is 1.22 bits per heavy atom. The molecule has 3 unspecified atom stereocenters. The van der Waals surface area contributed by atoms with Crippen LogP contribution in [-0.2, 0) is 9.47 Å². The number of fused-ring (bicyclic) bond motifs is 2. The van der Waals surface area contributed by atoms with Gasteiger partial charge in [-0.2, -0.15) is 0 Å². The van der Waals surface area contributed by atoms with Gasteiger partial charge < -0.3 is 14.4 Å². The number of thioether (sulfide) groups is 1. The molecular formula is C19H31NO2S. The second kappa shape index (κ2) is 7.07. The van der Waals surface area contributed by atoms with E-state index in [2.05, 4.69) is 16.4 Å². The first-order valence-corrected chi connectivity index (χ1v) is 10.5. The van der Waals surface area contributed by atoms with Crippen molar-refractivity contribution in [1.29, 1.82) is 0 Å². The fraction of sp³-hybridized carbons (Fsp3) is 0.895. The van der Waals surface area contributed by atoms with Gasteiger partial charge in [0.25, 0.3) is 0 Å². The van der Waals surface area contributed by atoms with Crippen LogP contribution < -0.4 is 0 Å². The van der Waals surface area contributed by atoms with Crippen molar-refractivity contribution in [2.24, 2.45) is 11.8 Å². The summed E-state index contributed by atoms with van der Waals surface area (Å²) in [6, 6.07) is 0. The second-order valence-corrected chi connectivity index (χ2v) is 9.07. The van der Waals surface area contributed by atoms with Gasteiger partial charge in [-0.05, 0) is 37.0 Å². The Morgan fingerprint density at radius 3 is 2.74 bits per heavy atom. The first kappa shape index (κ1) is 16.4. The molecule has 0 aromatic heterocycles. The number of hydrogen-bond donors (Lipinski definition) is 0. The fourth-order valence-corrected chi connectivity index (χ4v) is 6.42. The van der Waals surface area contributed by atoms with Crippen LogP contribution in [0.4, 0.5) is 0 Å². The van der Waals surface area contributed by atoms with Crippen LogP contribution in [0.2, 0.25) is 0 Å². The van der Waals surface area contributed by atoms with Crippen LogP contribution in [0, 0.1) is 11.8 Å². The van der Waals surface area contributed by atoms with Crippen molar-refractivity contribution in [3.05, 3.63) is 11.5 Å². The third-order valence-corrected chi connectivity index (χ3v) is 7.69. The van der Waals surface area contributed by atoms with Gasteiger partial charge in [0.1, 0.15) is 0 Å². The number of ether oxygens (including phenoxy) is 2. The Hall–Kier alpha value is -0.0300. The maximum Gasteiger partial charge on any atom is 0.159 e. The number of rotatable bonds is 3. The number of likely N-dealkylation sites (tertiary alicyclic amines) is 1. The lowest BCUT2D eigenvalue weighted by Gasteiger charge is -2.51. The standard InChI is InChI=1S/C19H31NO2S/c1-21-18-13-17-16(7-12-23-17)19(22-18)8-10-20(11-9-19)14-15-5-3-2-4-6-15/h7,12,15-18H,2-6,8-11,13-14H2,1H3. The van der Waals surface area contributed by atoms with E-state index in [0.29, 0.717) is 11.2 Å². The molecule has 3 nitrogen and oxygen atoms in total. The average Bonchev–Trinajstić information content (AvgIpc) is 3.07. The molecule has 23 heavy (non-hydrogen) atoms. The molecule has 0 radical (unpaired) electrons. The first-order valence-electron chi connectivity index (χ1n) is 9.54. The van der Waals surface area contributed by atoms with Gasteiger partial charge in [0, 0.05) is 44.3 Å². The fourth-order valence-electron chi connectivity index (χ4n) is 5.18. The summed E-state index contributed by atoms with van der Waals surface area (Å²) in [5.74, 6) is 1.54. The van der Waals surface area contributed by atoms with E-state index in [1.807, 2.05) is 11.8 Å². The molecule has 3 atom stereocenters. The van der Waals surface area contributed by atoms with Crippen molar-refractivity contribution in [1.82, 2.24) is 4.90 Å². The van der Waals surface area contributed by atoms with Crippen LogP contribution >= 0.6 is 11.8 Å². The van der Waals surface area contributed by atoms with E-state index in [0.717, 1.165) is 12.3 Å². The van der Waals surface area contributed by atoms with Crippen LogP contribution in [0.3, 0.4) is 0 Å². The molecule has 0 aromatic carbocycles. The molecule has 1 saturated carbocycles. The highest BCUT2D eigenvalue weighted by Crippen LogP contribution is 2.50. The lowest BCUT2D eigenvalue weighted by Crippen LogP contribution is -2.57. The van der Waals surface area contributed by atoms with Crippen LogP contribution in [0.15, 0.2) is 11.5 Å². The normalized spacial score (nSPS) is 38.0. The zero-order chi connectivity index (χ0) is 15.7. The topological polar surface area (TPSA) is 21.7 Å². The highest BCUT2D eigenvalue weighted by Gasteiger charge is 2.51. The highest BCUT2D eigenvalue weighted by molar-refractivity contribution is 8.03. The summed E-state index contributed by atoms with van der Waals surface area (Å²) >= 11 is 1.99. The third-order valence-electron chi connectivity index (χ3n) is 6.54. The van der Waals surface area contributed by atoms with E-state index in [-0.39, 0.29) is 11.9 Å². The predicted molar refractivity (Wildman–Crippen MR) is 95.5 cm³/mol. The minimum atomic E-state index is -0.00598. The molecule has 3 fully saturated rings. The van der Waals surface area contributed by atoms with E-state index in [1.165, 1.54) is 64.6 Å². The molecule has 0 N–H and O–H groups in total. The molecule has 3 aliphatic heterocycles. The Bertz CT molecular complexity index is 427. The summed E-state index contributed by atoms with van der Waals surface area (Å²) in [6.07, 6.45) is 13.1. The summed E-state index contributed by atoms with van der Waals surface area (Å²) in [7, 11) is 1.80. The van der Waals surface area contributed by atoms with E-state index in [9.17, 15) is 0 Å². The largest absolute Gasteiger partial charge is 0.356 e. The van der Waals surface area contributed by atoms with E-state index in [1.54, 1.807) is 7.11 Å². The Morgan fingerprint density at radius 2 is 2.00 bits per heavy atom. The van der Waals surface area contributed by atoms with Gasteiger partial charge >= 0.3 is 0 Å². The van der Waals surface area contributed by atoms with Gasteiger partial charge in [-0.1, -0.05) is 25.3 Å². The number of methoxy groups -OCH3 is 1. The molecule has 4 rings (SSSR count). The van der Waals surface area contributed by atoms with E-state index < -0.39 is 0 Å². The van der Waals surface area contributed by atoms with Crippen LogP contribution in [0.25, 0.3) is 0 Å². The number of nitrogens with zero attached hydrogens (tertiary/aromatic N) is 1. The van der Waals surface area contributed by atoms with E-state index >= 15 is 0 Å². The van der Waals surface area contributed by atoms with Crippen molar-refractivity contribution >= 4 is 11.8 Å². The maximum atomic E-state index is 6.50. The zero-order valence-electron chi connectivity index (χ0n) is 14.4. The van der Waals surface area contributed by atoms with Crippen LogP contribution in [0.1, 0.15) is 51.4 Å². The maximum absolute atomic E-state index is 6.50. The molecule has 3 heterocycles. The number of hydrogen-bond acceptors (Lipinski definition) is 4. The highest BCUT2D eigenvalue weighted by atomic mass is 32.2. The molecular weight excluding hydrogens is 306 g/mol. The van der Waals surface area contributed by atoms with Crippen molar-refractivity contribution in [2.75, 3.05) is 26.7 Å². The lowest BCUT2D eigenvalue weighted by molar-refractivity contribution is -0.250. The average molecular weight is 338 g/mol. The summed E-state index contributed by atoms with van der Waals surface area (Å²) in [6.45, 7) is 3.73. The van der Waals surface area contributed by atoms with Crippen LogP contribution in [-0.4, -0.2) is 48.8 Å². The summed E-state index contributed by atoms with van der Waals surface area (Å²) in [5, 5.41) is 2.96. The lowest BCUT2D eigenvalue weighted by atomic mass is 9.74. The molecule has 1 aliphatic carbocycles. The molecule has 130 valence electrons. The zero-order valence-corrected chi connectivity index (χ0v) is 15.2. The molecule has 1 spiro atoms. The summed E-state index contributed by atoms with van der Waals surface area (Å²) in [4.78, 5) is 2.71. The van der Waals surface area contributed by atoms with Gasteiger partial charge in [-0.3, -0.25) is 0 Å². The van der Waals surface area contributed by atoms with Crippen molar-refractivity contribution in [3.63, 3.8) is 0 Å². The first-order chi connectivity index (χ1) is 11.3. The molecule has 0 amide bonds. The van der Waals surface area contributed by atoms with Gasteiger partial charge in [-0.25, -0.2) is 0 Å². The van der Waals surface area contributed by atoms with Gasteiger partial charge in [0.15, 0.2) is 6.29 Å². The second-order valence-electron chi connectivity index (χ2n) is 7.92. The van der Waals surface area contributed by atoms with Crippen LogP contribution in [0.5, 0.6) is 0 Å². The molecule has 2 saturated heterocycles. The van der Waals surface area contributed by atoms with Crippen molar-refractivity contribution in [3.8, 4) is 0 Å². The molecule has 0 bridgehead atoms. The SMILES string of the molecule is COC1CC2SC=CC2C2(CCN(CC3CCCCC3)CC2)O1. The minimum Gasteiger partial charge on any atom is -0.356 e. The van der Waals surface area contributed by atoms with Gasteiger partial charge in [-0.15, -0.1) is 11.8 Å². The predicted octanol–water partition coefficient (Wildman–Crippen LogP) is 4.04. The van der Waals surface area contributed by atoms with Crippen molar-refractivity contribution < 1.29 is 9.47 Å². The Kier molecular flexibility index (Phi) is 5.05. The van der Waals surface area contributed by atoms with E-state index in [4.69, 9.17) is 9.47 Å². The quantitative estimate of drug-likeness (QED) is 0.775. The Balaban J connectivity index is 1.37. The third kappa shape index (κ3) is 3.37. The van der Waals surface area contributed by atoms with Gasteiger partial charge in [0.05, 0.1) is 5.60 Å². The Labute approximate surface area is 145 Å². The van der Waals surface area contributed by atoms with Gasteiger partial charge in [0.2, 0.25) is 0 Å². The molecule has 0 aromatic rings. The minimum absolute atomic E-state index is 0.00598. The smallest absolute Gasteiger partial charge is 0.159 e. The summed E-state index contributed by atoms with van der Waals surface area (Å²) < 4.78 is 12.1. The number of piperidine rings is 1. The summed E-state index contributed by atoms with van der Waals surface area (Å²) in [5.41, 5.74) is 0.0344.